The van der Waals surface area contributed by atoms with E-state index in [-0.39, 0.29) is 5.91 Å². The van der Waals surface area contributed by atoms with E-state index in [0.29, 0.717) is 24.5 Å². The predicted octanol–water partition coefficient (Wildman–Crippen LogP) is 1.90. The molecule has 0 aliphatic carbocycles. The number of likely N-dealkylation sites (N-methyl/N-ethyl adjacent to an activating group) is 1. The maximum absolute atomic E-state index is 12.0. The molecule has 0 aliphatic rings. The molecule has 0 aromatic heterocycles. The summed E-state index contributed by atoms with van der Waals surface area (Å²) in [6, 6.07) is 7.09. The van der Waals surface area contributed by atoms with Crippen molar-refractivity contribution in [1.82, 2.24) is 4.90 Å². The summed E-state index contributed by atoms with van der Waals surface area (Å²) in [5, 5.41) is 0. The Labute approximate surface area is 102 Å². The summed E-state index contributed by atoms with van der Waals surface area (Å²) < 4.78 is 5.57. The van der Waals surface area contributed by atoms with Crippen molar-refractivity contribution < 1.29 is 9.53 Å². The third-order valence-electron chi connectivity index (χ3n) is 2.59. The van der Waals surface area contributed by atoms with Crippen LogP contribution in [-0.2, 0) is 4.79 Å². The number of nitrogens with zero attached hydrogens (tertiary/aromatic N) is 1. The van der Waals surface area contributed by atoms with Gasteiger partial charge in [0.1, 0.15) is 5.75 Å². The first kappa shape index (κ1) is 13.4. The Kier molecular flexibility index (Phi) is 4.82. The van der Waals surface area contributed by atoms with E-state index in [0.717, 1.165) is 0 Å². The zero-order chi connectivity index (χ0) is 12.8. The summed E-state index contributed by atoms with van der Waals surface area (Å²) >= 11 is 0. The molecule has 94 valence electrons. The molecule has 0 bridgehead atoms. The highest BCUT2D eigenvalue weighted by atomic mass is 16.5. The van der Waals surface area contributed by atoms with Crippen LogP contribution in [0.1, 0.15) is 20.8 Å². The normalized spacial score (nSPS) is 11.9. The van der Waals surface area contributed by atoms with Crippen molar-refractivity contribution in [3.8, 4) is 5.75 Å². The highest BCUT2D eigenvalue weighted by Gasteiger charge is 2.19. The molecule has 0 saturated heterocycles. The Balaban J connectivity index is 2.65. The Bertz CT molecular complexity index is 375. The van der Waals surface area contributed by atoms with Gasteiger partial charge in [0, 0.05) is 24.8 Å². The molecule has 4 nitrogen and oxygen atoms in total. The van der Waals surface area contributed by atoms with Crippen LogP contribution in [-0.4, -0.2) is 30.0 Å². The topological polar surface area (TPSA) is 55.6 Å². The third kappa shape index (κ3) is 3.66. The zero-order valence-corrected chi connectivity index (χ0v) is 10.6. The van der Waals surface area contributed by atoms with Crippen LogP contribution in [0.5, 0.6) is 5.75 Å². The first-order valence-corrected chi connectivity index (χ1v) is 5.89. The molecule has 4 heteroatoms. The van der Waals surface area contributed by atoms with Crippen molar-refractivity contribution in [3.05, 3.63) is 24.3 Å². The average molecular weight is 236 g/mol. The lowest BCUT2D eigenvalue weighted by Crippen LogP contribution is -2.40. The molecule has 1 unspecified atom stereocenters. The van der Waals surface area contributed by atoms with Gasteiger partial charge in [0.05, 0.1) is 0 Å². The van der Waals surface area contributed by atoms with Crippen LogP contribution in [0, 0.1) is 0 Å². The van der Waals surface area contributed by atoms with E-state index in [2.05, 4.69) is 0 Å². The molecule has 0 spiro atoms. The number of nitrogen functional groups attached to an aromatic ring is 1. The van der Waals surface area contributed by atoms with Crippen LogP contribution in [0.4, 0.5) is 5.69 Å². The van der Waals surface area contributed by atoms with Crippen LogP contribution in [0.3, 0.4) is 0 Å². The van der Waals surface area contributed by atoms with Gasteiger partial charge in [-0.3, -0.25) is 4.79 Å². The molecule has 0 saturated carbocycles. The monoisotopic (exact) mass is 236 g/mol. The van der Waals surface area contributed by atoms with Crippen molar-refractivity contribution >= 4 is 11.6 Å². The van der Waals surface area contributed by atoms with Crippen molar-refractivity contribution in [2.45, 2.75) is 26.9 Å². The number of rotatable bonds is 5. The minimum absolute atomic E-state index is 0.00238. The minimum atomic E-state index is -0.489. The Morgan fingerprint density at radius 1 is 1.41 bits per heavy atom. The summed E-state index contributed by atoms with van der Waals surface area (Å²) in [5.74, 6) is 0.621. The molecule has 0 fully saturated rings. The highest BCUT2D eigenvalue weighted by molar-refractivity contribution is 5.80. The molecule has 0 aliphatic heterocycles. The quantitative estimate of drug-likeness (QED) is 0.794. The average Bonchev–Trinajstić information content (AvgIpc) is 2.30. The fourth-order valence-electron chi connectivity index (χ4n) is 1.63. The van der Waals surface area contributed by atoms with Crippen molar-refractivity contribution in [1.29, 1.82) is 0 Å². The van der Waals surface area contributed by atoms with Crippen molar-refractivity contribution in [2.24, 2.45) is 0 Å². The van der Waals surface area contributed by atoms with Gasteiger partial charge < -0.3 is 15.4 Å². The van der Waals surface area contributed by atoms with E-state index in [1.165, 1.54) is 0 Å². The van der Waals surface area contributed by atoms with Crippen molar-refractivity contribution in [3.63, 3.8) is 0 Å². The minimum Gasteiger partial charge on any atom is -0.481 e. The summed E-state index contributed by atoms with van der Waals surface area (Å²) in [5.41, 5.74) is 6.28. The number of benzene rings is 1. The fraction of sp³-hybridized carbons (Fsp3) is 0.462. The van der Waals surface area contributed by atoms with Crippen LogP contribution in [0.15, 0.2) is 24.3 Å². The smallest absolute Gasteiger partial charge is 0.263 e. The lowest BCUT2D eigenvalue weighted by atomic mass is 10.3. The molecule has 1 aromatic rings. The second-order valence-corrected chi connectivity index (χ2v) is 3.84. The number of hydrogen-bond donors (Lipinski definition) is 1. The first-order chi connectivity index (χ1) is 8.08. The number of carbonyl (C=O) groups is 1. The molecule has 0 heterocycles. The maximum atomic E-state index is 12.0. The highest BCUT2D eigenvalue weighted by Crippen LogP contribution is 2.16. The molecule has 1 amide bonds. The summed E-state index contributed by atoms with van der Waals surface area (Å²) in [4.78, 5) is 13.7. The van der Waals surface area contributed by atoms with E-state index < -0.39 is 6.10 Å². The van der Waals surface area contributed by atoms with Gasteiger partial charge in [-0.1, -0.05) is 6.07 Å². The van der Waals surface area contributed by atoms with Gasteiger partial charge in [0.15, 0.2) is 6.10 Å². The second kappa shape index (κ2) is 6.13. The van der Waals surface area contributed by atoms with Gasteiger partial charge in [0.2, 0.25) is 0 Å². The lowest BCUT2D eigenvalue weighted by Gasteiger charge is -2.23. The molecule has 1 aromatic carbocycles. The van der Waals surface area contributed by atoms with Crippen LogP contribution >= 0.6 is 0 Å². The SMILES string of the molecule is CCN(CC)C(=O)C(C)Oc1cccc(N)c1. The third-order valence-corrected chi connectivity index (χ3v) is 2.59. The first-order valence-electron chi connectivity index (χ1n) is 5.89. The van der Waals surface area contributed by atoms with E-state index >= 15 is 0 Å². The predicted molar refractivity (Wildman–Crippen MR) is 68.9 cm³/mol. The molecule has 17 heavy (non-hydrogen) atoms. The molecule has 1 rings (SSSR count). The van der Waals surface area contributed by atoms with Gasteiger partial charge >= 0.3 is 0 Å². The van der Waals surface area contributed by atoms with Crippen LogP contribution in [0.2, 0.25) is 0 Å². The molecular formula is C13H20N2O2. The number of ether oxygens (including phenoxy) is 1. The Morgan fingerprint density at radius 3 is 2.59 bits per heavy atom. The lowest BCUT2D eigenvalue weighted by molar-refractivity contribution is -0.137. The van der Waals surface area contributed by atoms with Crippen LogP contribution < -0.4 is 10.5 Å². The maximum Gasteiger partial charge on any atom is 0.263 e. The number of carbonyl (C=O) groups excluding carboxylic acids is 1. The zero-order valence-electron chi connectivity index (χ0n) is 10.6. The van der Waals surface area contributed by atoms with Gasteiger partial charge in [-0.2, -0.15) is 0 Å². The Morgan fingerprint density at radius 2 is 2.06 bits per heavy atom. The summed E-state index contributed by atoms with van der Waals surface area (Å²) in [6.07, 6.45) is -0.489. The number of amides is 1. The number of anilines is 1. The van der Waals surface area contributed by atoms with E-state index in [1.807, 2.05) is 13.8 Å². The summed E-state index contributed by atoms with van der Waals surface area (Å²) in [6.45, 7) is 7.05. The van der Waals surface area contributed by atoms with Gasteiger partial charge in [0.25, 0.3) is 5.91 Å². The van der Waals surface area contributed by atoms with Crippen LogP contribution in [0.25, 0.3) is 0 Å². The molecular weight excluding hydrogens is 216 g/mol. The Hall–Kier alpha value is -1.71. The van der Waals surface area contributed by atoms with E-state index in [9.17, 15) is 4.79 Å². The molecule has 0 radical (unpaired) electrons. The standard InChI is InChI=1S/C13H20N2O2/c1-4-15(5-2)13(16)10(3)17-12-8-6-7-11(14)9-12/h6-10H,4-5,14H2,1-3H3. The summed E-state index contributed by atoms with van der Waals surface area (Å²) in [7, 11) is 0. The number of nitrogens with two attached hydrogens (primary N) is 1. The number of hydrogen-bond acceptors (Lipinski definition) is 3. The second-order valence-electron chi connectivity index (χ2n) is 3.84. The van der Waals surface area contributed by atoms with E-state index in [4.69, 9.17) is 10.5 Å². The fourth-order valence-corrected chi connectivity index (χ4v) is 1.63. The van der Waals surface area contributed by atoms with Gasteiger partial charge in [-0.15, -0.1) is 0 Å². The van der Waals surface area contributed by atoms with Gasteiger partial charge in [-0.05, 0) is 32.9 Å². The molecule has 1 atom stereocenters. The van der Waals surface area contributed by atoms with Crippen molar-refractivity contribution in [2.75, 3.05) is 18.8 Å². The largest absolute Gasteiger partial charge is 0.481 e. The van der Waals surface area contributed by atoms with E-state index in [1.54, 1.807) is 36.1 Å². The van der Waals surface area contributed by atoms with Gasteiger partial charge in [-0.25, -0.2) is 0 Å². The molecule has 2 N–H and O–H groups in total.